The van der Waals surface area contributed by atoms with Crippen molar-refractivity contribution in [1.82, 2.24) is 4.31 Å². The van der Waals surface area contributed by atoms with Crippen LogP contribution in [0, 0.1) is 18.8 Å². The fraction of sp³-hybridized carbons (Fsp3) is 0.556. The highest BCUT2D eigenvalue weighted by Gasteiger charge is 2.31. The molecule has 1 aliphatic heterocycles. The number of hydrogen-bond acceptors (Lipinski definition) is 4. The smallest absolute Gasteiger partial charge is 0.228 e. The molecule has 0 radical (unpaired) electrons. The molecule has 1 aliphatic carbocycles. The molecule has 0 bridgehead atoms. The van der Waals surface area contributed by atoms with Gasteiger partial charge in [0.2, 0.25) is 21.8 Å². The molecule has 1 unspecified atom stereocenters. The number of amides is 2. The minimum atomic E-state index is -3.29. The zero-order valence-electron chi connectivity index (χ0n) is 15.1. The van der Waals surface area contributed by atoms with Crippen LogP contribution >= 0.6 is 0 Å². The van der Waals surface area contributed by atoms with Gasteiger partial charge in [0, 0.05) is 30.4 Å². The van der Waals surface area contributed by atoms with Crippen LogP contribution in [0.15, 0.2) is 18.2 Å². The molecule has 2 amide bonds. The number of carbonyl (C=O) groups excluding carboxylic acids is 2. The Morgan fingerprint density at radius 1 is 1.08 bits per heavy atom. The molecule has 1 atom stereocenters. The fourth-order valence-electron chi connectivity index (χ4n) is 3.12. The third-order valence-corrected chi connectivity index (χ3v) is 6.20. The van der Waals surface area contributed by atoms with Crippen LogP contribution in [-0.4, -0.2) is 43.9 Å². The number of piperidine rings is 1. The van der Waals surface area contributed by atoms with E-state index in [0.29, 0.717) is 30.8 Å². The molecule has 8 heteroatoms. The summed E-state index contributed by atoms with van der Waals surface area (Å²) in [6.45, 7) is 2.55. The summed E-state index contributed by atoms with van der Waals surface area (Å²) in [7, 11) is -3.29. The molecule has 1 saturated heterocycles. The predicted molar refractivity (Wildman–Crippen MR) is 100 cm³/mol. The molecule has 2 N–H and O–H groups in total. The topological polar surface area (TPSA) is 95.6 Å². The molecule has 1 aromatic rings. The third kappa shape index (κ3) is 4.62. The van der Waals surface area contributed by atoms with Gasteiger partial charge in [0.25, 0.3) is 0 Å². The summed E-state index contributed by atoms with van der Waals surface area (Å²) in [5.74, 6) is -0.435. The molecular formula is C18H25N3O4S. The number of nitrogens with one attached hydrogen (secondary N) is 2. The first-order valence-electron chi connectivity index (χ1n) is 8.91. The minimum Gasteiger partial charge on any atom is -0.326 e. The maximum absolute atomic E-state index is 12.6. The van der Waals surface area contributed by atoms with E-state index in [2.05, 4.69) is 10.6 Å². The zero-order valence-corrected chi connectivity index (χ0v) is 15.9. The van der Waals surface area contributed by atoms with Crippen LogP contribution in [-0.2, 0) is 19.6 Å². The molecule has 1 saturated carbocycles. The maximum atomic E-state index is 12.6. The summed E-state index contributed by atoms with van der Waals surface area (Å²) in [4.78, 5) is 24.5. The van der Waals surface area contributed by atoms with Crippen molar-refractivity contribution >= 4 is 33.2 Å². The third-order valence-electron chi connectivity index (χ3n) is 4.94. The summed E-state index contributed by atoms with van der Waals surface area (Å²) in [5, 5.41) is 5.77. The predicted octanol–water partition coefficient (Wildman–Crippen LogP) is 1.95. The lowest BCUT2D eigenvalue weighted by Gasteiger charge is -2.30. The van der Waals surface area contributed by atoms with Gasteiger partial charge >= 0.3 is 0 Å². The number of aryl methyl sites for hydroxylation is 1. The average molecular weight is 379 g/mol. The molecule has 0 aromatic heterocycles. The van der Waals surface area contributed by atoms with E-state index in [4.69, 9.17) is 0 Å². The zero-order chi connectivity index (χ0) is 18.9. The van der Waals surface area contributed by atoms with Gasteiger partial charge in [0.1, 0.15) is 0 Å². The molecule has 142 valence electrons. The molecular weight excluding hydrogens is 354 g/mol. The summed E-state index contributed by atoms with van der Waals surface area (Å²) >= 11 is 0. The van der Waals surface area contributed by atoms with Crippen molar-refractivity contribution in [3.8, 4) is 0 Å². The van der Waals surface area contributed by atoms with Crippen LogP contribution < -0.4 is 10.6 Å². The van der Waals surface area contributed by atoms with Crippen molar-refractivity contribution in [2.45, 2.75) is 32.6 Å². The normalized spacial score (nSPS) is 21.2. The molecule has 0 spiro atoms. The Kier molecular flexibility index (Phi) is 5.34. The van der Waals surface area contributed by atoms with E-state index >= 15 is 0 Å². The maximum Gasteiger partial charge on any atom is 0.228 e. The molecule has 2 aliphatic rings. The molecule has 3 rings (SSSR count). The van der Waals surface area contributed by atoms with Gasteiger partial charge in [-0.3, -0.25) is 9.59 Å². The van der Waals surface area contributed by atoms with Gasteiger partial charge in [-0.25, -0.2) is 12.7 Å². The second-order valence-electron chi connectivity index (χ2n) is 7.24. The Morgan fingerprint density at radius 3 is 2.42 bits per heavy atom. The number of rotatable bonds is 5. The van der Waals surface area contributed by atoms with Crippen molar-refractivity contribution < 1.29 is 18.0 Å². The Morgan fingerprint density at radius 2 is 1.77 bits per heavy atom. The molecule has 2 fully saturated rings. The quantitative estimate of drug-likeness (QED) is 0.817. The van der Waals surface area contributed by atoms with E-state index < -0.39 is 10.0 Å². The molecule has 1 heterocycles. The van der Waals surface area contributed by atoms with Gasteiger partial charge in [0.05, 0.1) is 12.2 Å². The largest absolute Gasteiger partial charge is 0.326 e. The first-order valence-corrected chi connectivity index (χ1v) is 10.8. The summed E-state index contributed by atoms with van der Waals surface area (Å²) < 4.78 is 24.8. The van der Waals surface area contributed by atoms with E-state index in [0.717, 1.165) is 18.4 Å². The minimum absolute atomic E-state index is 0.0159. The van der Waals surface area contributed by atoms with Crippen LogP contribution in [0.2, 0.25) is 0 Å². The SMILES string of the molecule is Cc1ccc(NC(=O)C2CC2)cc1NC(=O)C1CCCN(S(C)(=O)=O)C1. The number of sulfonamides is 1. The number of anilines is 2. The van der Waals surface area contributed by atoms with Crippen LogP contribution in [0.3, 0.4) is 0 Å². The summed E-state index contributed by atoms with van der Waals surface area (Å²) in [5.41, 5.74) is 2.18. The van der Waals surface area contributed by atoms with E-state index in [1.54, 1.807) is 6.07 Å². The van der Waals surface area contributed by atoms with Crippen LogP contribution in [0.25, 0.3) is 0 Å². The molecule has 1 aromatic carbocycles. The number of carbonyl (C=O) groups is 2. The van der Waals surface area contributed by atoms with Gasteiger partial charge in [-0.1, -0.05) is 6.07 Å². The Labute approximate surface area is 154 Å². The highest BCUT2D eigenvalue weighted by molar-refractivity contribution is 7.88. The second-order valence-corrected chi connectivity index (χ2v) is 9.23. The Balaban J connectivity index is 1.67. The molecule has 26 heavy (non-hydrogen) atoms. The molecule has 7 nitrogen and oxygen atoms in total. The summed E-state index contributed by atoms with van der Waals surface area (Å²) in [6, 6.07) is 5.42. The van der Waals surface area contributed by atoms with Gasteiger partial charge in [-0.05, 0) is 50.3 Å². The van der Waals surface area contributed by atoms with E-state index in [9.17, 15) is 18.0 Å². The van der Waals surface area contributed by atoms with Crippen molar-refractivity contribution in [1.29, 1.82) is 0 Å². The lowest BCUT2D eigenvalue weighted by atomic mass is 9.98. The fourth-order valence-corrected chi connectivity index (χ4v) is 4.03. The van der Waals surface area contributed by atoms with Crippen molar-refractivity contribution in [3.05, 3.63) is 23.8 Å². The van der Waals surface area contributed by atoms with Crippen LogP contribution in [0.4, 0.5) is 11.4 Å². The Bertz CT molecular complexity index is 818. The van der Waals surface area contributed by atoms with Crippen molar-refractivity contribution in [3.63, 3.8) is 0 Å². The highest BCUT2D eigenvalue weighted by Crippen LogP contribution is 2.31. The standard InChI is InChI=1S/C18H25N3O4S/c1-12-5-8-15(19-17(22)13-6-7-13)10-16(12)20-18(23)14-4-3-9-21(11-14)26(2,24)25/h5,8,10,13-14H,3-4,6-7,9,11H2,1-2H3,(H,19,22)(H,20,23). The summed E-state index contributed by atoms with van der Waals surface area (Å²) in [6.07, 6.45) is 4.36. The average Bonchev–Trinajstić information content (AvgIpc) is 3.42. The Hall–Kier alpha value is -1.93. The van der Waals surface area contributed by atoms with Gasteiger partial charge in [-0.2, -0.15) is 0 Å². The first-order chi connectivity index (χ1) is 12.2. The number of hydrogen-bond donors (Lipinski definition) is 2. The van der Waals surface area contributed by atoms with E-state index in [1.165, 1.54) is 10.6 Å². The van der Waals surface area contributed by atoms with Gasteiger partial charge in [0.15, 0.2) is 0 Å². The van der Waals surface area contributed by atoms with Crippen LogP contribution in [0.5, 0.6) is 0 Å². The van der Waals surface area contributed by atoms with Crippen molar-refractivity contribution in [2.75, 3.05) is 30.0 Å². The number of benzene rings is 1. The monoisotopic (exact) mass is 379 g/mol. The van der Waals surface area contributed by atoms with E-state index in [-0.39, 0.29) is 30.2 Å². The lowest BCUT2D eigenvalue weighted by molar-refractivity contribution is -0.121. The first kappa shape index (κ1) is 18.8. The lowest BCUT2D eigenvalue weighted by Crippen LogP contribution is -2.43. The van der Waals surface area contributed by atoms with Crippen LogP contribution in [0.1, 0.15) is 31.2 Å². The number of nitrogens with zero attached hydrogens (tertiary/aromatic N) is 1. The van der Waals surface area contributed by atoms with Crippen molar-refractivity contribution in [2.24, 2.45) is 11.8 Å². The van der Waals surface area contributed by atoms with Gasteiger partial charge < -0.3 is 10.6 Å². The van der Waals surface area contributed by atoms with E-state index in [1.807, 2.05) is 19.1 Å². The second kappa shape index (κ2) is 7.36. The van der Waals surface area contributed by atoms with Gasteiger partial charge in [-0.15, -0.1) is 0 Å². The highest BCUT2D eigenvalue weighted by atomic mass is 32.2.